The fourth-order valence-corrected chi connectivity index (χ4v) is 5.11. The lowest BCUT2D eigenvalue weighted by atomic mass is 10.1. The first kappa shape index (κ1) is 25.4. The number of imide groups is 1. The number of amides is 4. The number of fused-ring (bicyclic) bond motifs is 2. The van der Waals surface area contributed by atoms with E-state index in [0.29, 0.717) is 35.6 Å². The van der Waals surface area contributed by atoms with E-state index in [0.717, 1.165) is 23.4 Å². The van der Waals surface area contributed by atoms with Gasteiger partial charge in [-0.25, -0.2) is 0 Å². The van der Waals surface area contributed by atoms with Gasteiger partial charge < -0.3 is 15.1 Å². The predicted molar refractivity (Wildman–Crippen MR) is 145 cm³/mol. The van der Waals surface area contributed by atoms with Crippen LogP contribution < -0.4 is 15.1 Å². The molecule has 5 rings (SSSR count). The normalized spacial score (nSPS) is 16.9. The molecular formula is C30H30N4O4. The number of carbonyl (C=O) groups excluding carboxylic acids is 4. The van der Waals surface area contributed by atoms with Crippen molar-refractivity contribution in [3.8, 4) is 0 Å². The molecule has 0 aromatic heterocycles. The molecule has 3 aromatic carbocycles. The summed E-state index contributed by atoms with van der Waals surface area (Å²) in [6.07, 6.45) is 1.01. The van der Waals surface area contributed by atoms with Crippen LogP contribution in [-0.2, 0) is 16.1 Å². The van der Waals surface area contributed by atoms with Crippen LogP contribution in [0, 0.1) is 0 Å². The van der Waals surface area contributed by atoms with Crippen LogP contribution >= 0.6 is 0 Å². The zero-order valence-electron chi connectivity index (χ0n) is 21.3. The Morgan fingerprint density at radius 3 is 2.08 bits per heavy atom. The van der Waals surface area contributed by atoms with Gasteiger partial charge in [0.25, 0.3) is 11.8 Å². The summed E-state index contributed by atoms with van der Waals surface area (Å²) in [7, 11) is 0. The number of anilines is 2. The Morgan fingerprint density at radius 1 is 0.816 bits per heavy atom. The van der Waals surface area contributed by atoms with Gasteiger partial charge in [0.05, 0.1) is 35.1 Å². The van der Waals surface area contributed by atoms with Gasteiger partial charge in [0.1, 0.15) is 6.54 Å². The summed E-state index contributed by atoms with van der Waals surface area (Å²) in [5, 5.41) is 3.35. The van der Waals surface area contributed by atoms with E-state index < -0.39 is 30.3 Å². The maximum absolute atomic E-state index is 13.9. The number of nitrogens with one attached hydrogen (secondary N) is 1. The number of nitrogens with zero attached hydrogens (tertiary/aromatic N) is 3. The first-order valence-corrected chi connectivity index (χ1v) is 12.9. The van der Waals surface area contributed by atoms with Gasteiger partial charge >= 0.3 is 0 Å². The number of rotatable bonds is 8. The van der Waals surface area contributed by atoms with E-state index in [1.54, 1.807) is 34.1 Å². The molecule has 0 saturated heterocycles. The highest BCUT2D eigenvalue weighted by Crippen LogP contribution is 2.36. The van der Waals surface area contributed by atoms with Gasteiger partial charge in [-0.1, -0.05) is 61.5 Å². The fraction of sp³-hybridized carbons (Fsp3) is 0.267. The summed E-state index contributed by atoms with van der Waals surface area (Å²) in [5.74, 6) is -1.47. The van der Waals surface area contributed by atoms with E-state index in [-0.39, 0.29) is 12.3 Å². The van der Waals surface area contributed by atoms with Crippen molar-refractivity contribution in [3.05, 3.63) is 95.6 Å². The van der Waals surface area contributed by atoms with Crippen molar-refractivity contribution in [2.45, 2.75) is 32.4 Å². The smallest absolute Gasteiger partial charge is 0.262 e. The largest absolute Gasteiger partial charge is 0.315 e. The molecule has 2 aliphatic heterocycles. The number of benzene rings is 3. The molecule has 8 heteroatoms. The van der Waals surface area contributed by atoms with Crippen LogP contribution in [0.15, 0.2) is 78.9 Å². The molecule has 0 bridgehead atoms. The van der Waals surface area contributed by atoms with Crippen molar-refractivity contribution >= 4 is 35.0 Å². The van der Waals surface area contributed by atoms with Crippen molar-refractivity contribution in [1.29, 1.82) is 0 Å². The Balaban J connectivity index is 1.50. The van der Waals surface area contributed by atoms with Crippen LogP contribution in [0.5, 0.6) is 0 Å². The van der Waals surface area contributed by atoms with Gasteiger partial charge in [0.15, 0.2) is 0 Å². The lowest BCUT2D eigenvalue weighted by Crippen LogP contribution is -2.51. The maximum Gasteiger partial charge on any atom is 0.262 e. The second kappa shape index (κ2) is 11.0. The molecule has 0 fully saturated rings. The quantitative estimate of drug-likeness (QED) is 0.369. The molecule has 0 spiro atoms. The highest BCUT2D eigenvalue weighted by atomic mass is 16.2. The third-order valence-electron chi connectivity index (χ3n) is 6.94. The lowest BCUT2D eigenvalue weighted by molar-refractivity contribution is -0.120. The fourth-order valence-electron chi connectivity index (χ4n) is 5.11. The summed E-state index contributed by atoms with van der Waals surface area (Å²) < 4.78 is 0. The van der Waals surface area contributed by atoms with Crippen molar-refractivity contribution in [2.24, 2.45) is 0 Å². The molecule has 0 saturated carbocycles. The second-order valence-electron chi connectivity index (χ2n) is 9.52. The van der Waals surface area contributed by atoms with E-state index >= 15 is 0 Å². The van der Waals surface area contributed by atoms with Gasteiger partial charge in [-0.05, 0) is 42.8 Å². The van der Waals surface area contributed by atoms with E-state index in [4.69, 9.17) is 0 Å². The van der Waals surface area contributed by atoms with Crippen molar-refractivity contribution in [3.63, 3.8) is 0 Å². The second-order valence-corrected chi connectivity index (χ2v) is 9.52. The number of carbonyl (C=O) groups is 4. The molecule has 8 nitrogen and oxygen atoms in total. The summed E-state index contributed by atoms with van der Waals surface area (Å²) in [6, 6.07) is 23.1. The zero-order valence-corrected chi connectivity index (χ0v) is 21.3. The van der Waals surface area contributed by atoms with Crippen LogP contribution in [-0.4, -0.2) is 54.2 Å². The summed E-state index contributed by atoms with van der Waals surface area (Å²) in [5.41, 5.74) is 2.77. The topological polar surface area (TPSA) is 90.0 Å². The summed E-state index contributed by atoms with van der Waals surface area (Å²) in [4.78, 5) is 57.9. The zero-order chi connectivity index (χ0) is 26.6. The minimum atomic E-state index is -0.487. The van der Waals surface area contributed by atoms with Crippen LogP contribution in [0.4, 0.5) is 11.4 Å². The monoisotopic (exact) mass is 510 g/mol. The minimum Gasteiger partial charge on any atom is -0.315 e. The summed E-state index contributed by atoms with van der Waals surface area (Å²) in [6.45, 7) is 3.15. The Labute approximate surface area is 221 Å². The lowest BCUT2D eigenvalue weighted by Gasteiger charge is -2.32. The number of hydrogen-bond donors (Lipinski definition) is 1. The average Bonchev–Trinajstić information content (AvgIpc) is 3.10. The average molecular weight is 511 g/mol. The molecule has 1 unspecified atom stereocenters. The standard InChI is InChI=1S/C30H30N4O4/c1-2-16-31-18-22-17-27(35)32(19-21-10-4-3-5-11-21)25-14-8-9-15-26(25)34(22)28(36)20-33-29(37)23-12-6-7-13-24(23)30(33)38/h3-15,22,31H,2,16-20H2,1H3. The van der Waals surface area contributed by atoms with Gasteiger partial charge in [0, 0.05) is 13.0 Å². The first-order valence-electron chi connectivity index (χ1n) is 12.9. The van der Waals surface area contributed by atoms with Crippen LogP contribution in [0.3, 0.4) is 0 Å². The molecule has 0 radical (unpaired) electrons. The number of hydrogen-bond acceptors (Lipinski definition) is 5. The van der Waals surface area contributed by atoms with Crippen molar-refractivity contribution < 1.29 is 19.2 Å². The maximum atomic E-state index is 13.9. The highest BCUT2D eigenvalue weighted by molar-refractivity contribution is 6.23. The SMILES string of the molecule is CCCNCC1CC(=O)N(Cc2ccccc2)c2ccccc2N1C(=O)CN1C(=O)c2ccccc2C1=O. The van der Waals surface area contributed by atoms with Crippen LogP contribution in [0.25, 0.3) is 0 Å². The van der Waals surface area contributed by atoms with E-state index in [1.807, 2.05) is 61.5 Å². The molecule has 0 aliphatic carbocycles. The Bertz CT molecular complexity index is 1340. The van der Waals surface area contributed by atoms with Gasteiger partial charge in [-0.15, -0.1) is 0 Å². The first-order chi connectivity index (χ1) is 18.5. The number of para-hydroxylation sites is 2. The van der Waals surface area contributed by atoms with Crippen molar-refractivity contribution in [2.75, 3.05) is 29.4 Å². The van der Waals surface area contributed by atoms with E-state index in [2.05, 4.69) is 5.32 Å². The minimum absolute atomic E-state index is 0.0966. The molecule has 4 amide bonds. The van der Waals surface area contributed by atoms with Crippen molar-refractivity contribution in [1.82, 2.24) is 10.2 Å². The molecule has 38 heavy (non-hydrogen) atoms. The summed E-state index contributed by atoms with van der Waals surface area (Å²) >= 11 is 0. The molecule has 2 aliphatic rings. The van der Waals surface area contributed by atoms with Crippen LogP contribution in [0.1, 0.15) is 46.0 Å². The van der Waals surface area contributed by atoms with Gasteiger partial charge in [0.2, 0.25) is 11.8 Å². The van der Waals surface area contributed by atoms with Gasteiger partial charge in [-0.3, -0.25) is 24.1 Å². The van der Waals surface area contributed by atoms with Gasteiger partial charge in [-0.2, -0.15) is 0 Å². The predicted octanol–water partition coefficient (Wildman–Crippen LogP) is 3.62. The van der Waals surface area contributed by atoms with E-state index in [1.165, 1.54) is 0 Å². The molecule has 2 heterocycles. The van der Waals surface area contributed by atoms with E-state index in [9.17, 15) is 19.2 Å². The molecule has 1 atom stereocenters. The molecule has 3 aromatic rings. The Morgan fingerprint density at radius 2 is 1.42 bits per heavy atom. The molecule has 1 N–H and O–H groups in total. The highest BCUT2D eigenvalue weighted by Gasteiger charge is 2.40. The van der Waals surface area contributed by atoms with Crippen LogP contribution in [0.2, 0.25) is 0 Å². The third-order valence-corrected chi connectivity index (χ3v) is 6.94. The Hall–Kier alpha value is -4.30. The molecule has 194 valence electrons. The Kier molecular flexibility index (Phi) is 7.33. The molecular weight excluding hydrogens is 480 g/mol. The third kappa shape index (κ3) is 4.82.